The summed E-state index contributed by atoms with van der Waals surface area (Å²) in [7, 11) is 0. The molecule has 2 aromatic carbocycles. The van der Waals surface area contributed by atoms with E-state index in [-0.39, 0.29) is 18.7 Å². The van der Waals surface area contributed by atoms with Crippen molar-refractivity contribution in [3.8, 4) is 0 Å². The molecule has 0 saturated carbocycles. The third-order valence-electron chi connectivity index (χ3n) is 3.39. The Morgan fingerprint density at radius 3 is 1.58 bits per heavy atom. The second kappa shape index (κ2) is 7.67. The number of halogens is 6. The Morgan fingerprint density at radius 1 is 0.731 bits per heavy atom. The van der Waals surface area contributed by atoms with E-state index >= 15 is 0 Å². The molecule has 1 amide bonds. The van der Waals surface area contributed by atoms with Gasteiger partial charge in [0.1, 0.15) is 0 Å². The van der Waals surface area contributed by atoms with Gasteiger partial charge in [-0.05, 0) is 48.5 Å². The molecule has 0 aliphatic heterocycles. The third-order valence-corrected chi connectivity index (χ3v) is 3.39. The van der Waals surface area contributed by atoms with E-state index in [4.69, 9.17) is 0 Å². The molecule has 0 spiro atoms. The Morgan fingerprint density at radius 2 is 1.15 bits per heavy atom. The van der Waals surface area contributed by atoms with Gasteiger partial charge in [-0.15, -0.1) is 0 Å². The molecule has 0 saturated heterocycles. The fourth-order valence-electron chi connectivity index (χ4n) is 2.06. The lowest BCUT2D eigenvalue weighted by molar-refractivity contribution is -0.138. The molecule has 2 rings (SSSR count). The number of hydrogen-bond donors (Lipinski definition) is 2. The van der Waals surface area contributed by atoms with Crippen LogP contribution in [0.15, 0.2) is 48.5 Å². The largest absolute Gasteiger partial charge is 0.416 e. The summed E-state index contributed by atoms with van der Waals surface area (Å²) in [5.41, 5.74) is -0.958. The van der Waals surface area contributed by atoms with Crippen molar-refractivity contribution in [3.63, 3.8) is 0 Å². The van der Waals surface area contributed by atoms with Gasteiger partial charge in [-0.2, -0.15) is 26.3 Å². The number of carbonyl (C=O) groups is 1. The Hall–Kier alpha value is -2.71. The molecule has 0 radical (unpaired) electrons. The zero-order valence-corrected chi connectivity index (χ0v) is 13.2. The molecule has 3 nitrogen and oxygen atoms in total. The molecule has 0 aliphatic rings. The average Bonchev–Trinajstić information content (AvgIpc) is 2.54. The van der Waals surface area contributed by atoms with Crippen molar-refractivity contribution in [3.05, 3.63) is 59.7 Å². The van der Waals surface area contributed by atoms with Crippen LogP contribution in [0.3, 0.4) is 0 Å². The normalized spacial score (nSPS) is 11.9. The highest BCUT2D eigenvalue weighted by Crippen LogP contribution is 2.30. The van der Waals surface area contributed by atoms with E-state index in [0.29, 0.717) is 5.69 Å². The standard InChI is InChI=1S/C17H14F6N2O/c18-16(19,20)11-1-5-13(6-2-11)24-10-9-15(26)25-14-7-3-12(4-8-14)17(21,22)23/h1-8,24H,9-10H2,(H,25,26). The summed E-state index contributed by atoms with van der Waals surface area (Å²) in [6.07, 6.45) is -8.88. The van der Waals surface area contributed by atoms with E-state index in [2.05, 4.69) is 10.6 Å². The van der Waals surface area contributed by atoms with E-state index < -0.39 is 29.4 Å². The fourth-order valence-corrected chi connectivity index (χ4v) is 2.06. The lowest BCUT2D eigenvalue weighted by Gasteiger charge is -2.10. The average molecular weight is 376 g/mol. The van der Waals surface area contributed by atoms with Crippen LogP contribution >= 0.6 is 0 Å². The summed E-state index contributed by atoms with van der Waals surface area (Å²) >= 11 is 0. The Bertz CT molecular complexity index is 736. The van der Waals surface area contributed by atoms with Crippen LogP contribution in [0.25, 0.3) is 0 Å². The summed E-state index contributed by atoms with van der Waals surface area (Å²) in [4.78, 5) is 11.7. The van der Waals surface area contributed by atoms with Crippen LogP contribution in [0, 0.1) is 0 Å². The van der Waals surface area contributed by atoms with Crippen LogP contribution in [0.5, 0.6) is 0 Å². The second-order valence-corrected chi connectivity index (χ2v) is 5.38. The molecule has 0 heterocycles. The van der Waals surface area contributed by atoms with Crippen molar-refractivity contribution in [1.29, 1.82) is 0 Å². The fraction of sp³-hybridized carbons (Fsp3) is 0.235. The maximum Gasteiger partial charge on any atom is 0.416 e. The minimum absolute atomic E-state index is 0.0119. The van der Waals surface area contributed by atoms with E-state index in [1.807, 2.05) is 0 Å². The molecule has 2 N–H and O–H groups in total. The van der Waals surface area contributed by atoms with Crippen molar-refractivity contribution < 1.29 is 31.1 Å². The molecule has 0 aromatic heterocycles. The number of amides is 1. The van der Waals surface area contributed by atoms with E-state index in [9.17, 15) is 31.1 Å². The topological polar surface area (TPSA) is 41.1 Å². The van der Waals surface area contributed by atoms with Crippen molar-refractivity contribution in [1.82, 2.24) is 0 Å². The summed E-state index contributed by atoms with van der Waals surface area (Å²) in [5.74, 6) is -0.441. The number of alkyl halides is 6. The molecule has 26 heavy (non-hydrogen) atoms. The highest BCUT2D eigenvalue weighted by molar-refractivity contribution is 5.91. The number of rotatable bonds is 5. The van der Waals surface area contributed by atoms with E-state index in [1.165, 1.54) is 12.1 Å². The summed E-state index contributed by atoms with van der Waals surface area (Å²) in [6.45, 7) is 0.151. The zero-order valence-electron chi connectivity index (χ0n) is 13.2. The summed E-state index contributed by atoms with van der Waals surface area (Å²) < 4.78 is 74.6. The molecule has 2 aromatic rings. The van der Waals surface area contributed by atoms with Gasteiger partial charge >= 0.3 is 12.4 Å². The van der Waals surface area contributed by atoms with Gasteiger partial charge < -0.3 is 10.6 Å². The van der Waals surface area contributed by atoms with E-state index in [0.717, 1.165) is 36.4 Å². The molecule has 0 aliphatic carbocycles. The van der Waals surface area contributed by atoms with Gasteiger partial charge in [0, 0.05) is 24.3 Å². The van der Waals surface area contributed by atoms with E-state index in [1.54, 1.807) is 0 Å². The van der Waals surface area contributed by atoms with Crippen LogP contribution in [0.2, 0.25) is 0 Å². The first kappa shape index (κ1) is 19.6. The Labute approximate surface area is 145 Å². The van der Waals surface area contributed by atoms with Crippen molar-refractivity contribution in [2.24, 2.45) is 0 Å². The van der Waals surface area contributed by atoms with Crippen LogP contribution in [0.1, 0.15) is 17.5 Å². The number of benzene rings is 2. The van der Waals surface area contributed by atoms with Gasteiger partial charge in [0.05, 0.1) is 11.1 Å². The quantitative estimate of drug-likeness (QED) is 0.708. The highest BCUT2D eigenvalue weighted by Gasteiger charge is 2.30. The minimum Gasteiger partial charge on any atom is -0.385 e. The monoisotopic (exact) mass is 376 g/mol. The molecule has 0 unspecified atom stereocenters. The molecule has 140 valence electrons. The van der Waals surface area contributed by atoms with Crippen LogP contribution in [-0.4, -0.2) is 12.5 Å². The van der Waals surface area contributed by atoms with Gasteiger partial charge in [-0.1, -0.05) is 0 Å². The van der Waals surface area contributed by atoms with Gasteiger partial charge in [0.2, 0.25) is 5.91 Å². The smallest absolute Gasteiger partial charge is 0.385 e. The lowest BCUT2D eigenvalue weighted by atomic mass is 10.2. The lowest BCUT2D eigenvalue weighted by Crippen LogP contribution is -2.16. The van der Waals surface area contributed by atoms with Crippen LogP contribution < -0.4 is 10.6 Å². The number of hydrogen-bond acceptors (Lipinski definition) is 2. The Balaban J connectivity index is 1.80. The van der Waals surface area contributed by atoms with Crippen molar-refractivity contribution >= 4 is 17.3 Å². The highest BCUT2D eigenvalue weighted by atomic mass is 19.4. The van der Waals surface area contributed by atoms with Gasteiger partial charge in [-0.3, -0.25) is 4.79 Å². The maximum atomic E-state index is 12.4. The molecule has 0 bridgehead atoms. The summed E-state index contributed by atoms with van der Waals surface area (Å²) in [5, 5.41) is 5.23. The predicted octanol–water partition coefficient (Wildman–Crippen LogP) is 5.16. The first-order valence-electron chi connectivity index (χ1n) is 7.44. The SMILES string of the molecule is O=C(CCNc1ccc(C(F)(F)F)cc1)Nc1ccc(C(F)(F)F)cc1. The molecule has 0 fully saturated rings. The first-order valence-corrected chi connectivity index (χ1v) is 7.44. The number of nitrogens with one attached hydrogen (secondary N) is 2. The van der Waals surface area contributed by atoms with Gasteiger partial charge in [0.25, 0.3) is 0 Å². The van der Waals surface area contributed by atoms with Gasteiger partial charge in [0.15, 0.2) is 0 Å². The number of carbonyl (C=O) groups excluding carboxylic acids is 1. The van der Waals surface area contributed by atoms with Crippen LogP contribution in [0.4, 0.5) is 37.7 Å². The molecular formula is C17H14F6N2O. The molecule has 0 atom stereocenters. The molecule has 9 heteroatoms. The first-order chi connectivity index (χ1) is 12.1. The number of anilines is 2. The zero-order chi connectivity index (χ0) is 19.4. The predicted molar refractivity (Wildman–Crippen MR) is 84.6 cm³/mol. The Kier molecular flexibility index (Phi) is 5.79. The molecular weight excluding hydrogens is 362 g/mol. The van der Waals surface area contributed by atoms with Crippen molar-refractivity contribution in [2.45, 2.75) is 18.8 Å². The minimum atomic E-state index is -4.45. The maximum absolute atomic E-state index is 12.4. The van der Waals surface area contributed by atoms with Crippen LogP contribution in [-0.2, 0) is 17.1 Å². The second-order valence-electron chi connectivity index (χ2n) is 5.38. The van der Waals surface area contributed by atoms with Gasteiger partial charge in [-0.25, -0.2) is 0 Å². The third kappa shape index (κ3) is 5.68. The summed E-state index contributed by atoms with van der Waals surface area (Å²) in [6, 6.07) is 8.34. The van der Waals surface area contributed by atoms with Crippen molar-refractivity contribution in [2.75, 3.05) is 17.2 Å².